The van der Waals surface area contributed by atoms with E-state index in [4.69, 9.17) is 10.5 Å². The van der Waals surface area contributed by atoms with Gasteiger partial charge < -0.3 is 20.7 Å². The normalized spacial score (nSPS) is 11.3. The van der Waals surface area contributed by atoms with Gasteiger partial charge in [-0.1, -0.05) is 48.5 Å². The molecule has 31 heavy (non-hydrogen) atoms. The molecule has 3 aromatic rings. The molecule has 0 bridgehead atoms. The van der Waals surface area contributed by atoms with Gasteiger partial charge in [-0.05, 0) is 35.9 Å². The molecule has 0 fully saturated rings. The van der Waals surface area contributed by atoms with Gasteiger partial charge in [-0.3, -0.25) is 4.79 Å². The maximum absolute atomic E-state index is 10.8. The van der Waals surface area contributed by atoms with Gasteiger partial charge in [-0.25, -0.2) is 4.99 Å². The first-order chi connectivity index (χ1) is 15.2. The lowest BCUT2D eigenvalue weighted by Crippen LogP contribution is -2.17. The van der Waals surface area contributed by atoms with Crippen molar-refractivity contribution in [2.75, 3.05) is 23.9 Å². The molecule has 6 heteroatoms. The van der Waals surface area contributed by atoms with Crippen LogP contribution in [-0.4, -0.2) is 25.8 Å². The number of hydrogen-bond acceptors (Lipinski definition) is 5. The zero-order valence-corrected chi connectivity index (χ0v) is 17.4. The highest BCUT2D eigenvalue weighted by atomic mass is 16.5. The van der Waals surface area contributed by atoms with Crippen LogP contribution in [0.15, 0.2) is 96.1 Å². The third-order valence-corrected chi connectivity index (χ3v) is 4.46. The number of carbonyl (C=O) groups excluding carboxylic acids is 1. The Hall–Kier alpha value is -4.06. The van der Waals surface area contributed by atoms with E-state index in [2.05, 4.69) is 27.3 Å². The number of nitrogens with two attached hydrogens (primary N) is 1. The van der Waals surface area contributed by atoms with Gasteiger partial charge in [0.05, 0.1) is 11.4 Å². The number of aliphatic imine (C=N–C) groups is 1. The van der Waals surface area contributed by atoms with Crippen LogP contribution in [0.25, 0.3) is 0 Å². The van der Waals surface area contributed by atoms with Crippen LogP contribution < -0.4 is 20.7 Å². The number of hydrogen-bond donors (Lipinski definition) is 2. The van der Waals surface area contributed by atoms with Crippen molar-refractivity contribution in [3.63, 3.8) is 0 Å². The Balaban J connectivity index is 1.74. The molecular weight excluding hydrogens is 388 g/mol. The molecule has 3 aromatic carbocycles. The van der Waals surface area contributed by atoms with E-state index in [1.165, 1.54) is 5.56 Å². The van der Waals surface area contributed by atoms with E-state index in [9.17, 15) is 4.79 Å². The summed E-state index contributed by atoms with van der Waals surface area (Å²) in [7, 11) is 1.98. The lowest BCUT2D eigenvalue weighted by Gasteiger charge is -2.22. The summed E-state index contributed by atoms with van der Waals surface area (Å²) in [5.41, 5.74) is 9.67. The highest BCUT2D eigenvalue weighted by molar-refractivity contribution is 5.93. The van der Waals surface area contributed by atoms with Gasteiger partial charge in [0.25, 0.3) is 0 Å². The van der Waals surface area contributed by atoms with Crippen molar-refractivity contribution in [2.45, 2.75) is 6.54 Å². The number of rotatable bonds is 10. The van der Waals surface area contributed by atoms with Gasteiger partial charge in [-0.2, -0.15) is 0 Å². The maximum Gasteiger partial charge on any atom is 0.157 e. The molecule has 0 unspecified atom stereocenters. The van der Waals surface area contributed by atoms with Gasteiger partial charge in [0.15, 0.2) is 6.29 Å². The largest absolute Gasteiger partial charge is 0.484 e. The summed E-state index contributed by atoms with van der Waals surface area (Å²) in [4.78, 5) is 17.3. The van der Waals surface area contributed by atoms with E-state index < -0.39 is 0 Å². The van der Waals surface area contributed by atoms with Gasteiger partial charge in [0.1, 0.15) is 18.2 Å². The minimum atomic E-state index is -0.0320. The second-order valence-electron chi connectivity index (χ2n) is 6.85. The first-order valence-electron chi connectivity index (χ1n) is 9.93. The van der Waals surface area contributed by atoms with E-state index in [1.807, 2.05) is 67.7 Å². The number of nitrogens with zero attached hydrogens (tertiary/aromatic N) is 2. The molecule has 0 aromatic heterocycles. The second kappa shape index (κ2) is 11.2. The van der Waals surface area contributed by atoms with E-state index in [0.717, 1.165) is 17.7 Å². The first-order valence-corrected chi connectivity index (χ1v) is 9.93. The summed E-state index contributed by atoms with van der Waals surface area (Å²) in [6.07, 6.45) is 4.15. The summed E-state index contributed by atoms with van der Waals surface area (Å²) in [5, 5.41) is 3.14. The Morgan fingerprint density at radius 2 is 1.77 bits per heavy atom. The molecule has 6 nitrogen and oxygen atoms in total. The minimum absolute atomic E-state index is 0.0320. The minimum Gasteiger partial charge on any atom is -0.484 e. The van der Waals surface area contributed by atoms with Crippen LogP contribution in [0, 0.1) is 0 Å². The first kappa shape index (κ1) is 21.6. The van der Waals surface area contributed by atoms with Crippen molar-refractivity contribution in [3.8, 4) is 5.75 Å². The molecule has 0 saturated carbocycles. The number of aldehydes is 1. The third-order valence-electron chi connectivity index (χ3n) is 4.46. The molecule has 0 aliphatic carbocycles. The number of benzene rings is 3. The Bertz CT molecular complexity index is 1030. The second-order valence-corrected chi connectivity index (χ2v) is 6.85. The van der Waals surface area contributed by atoms with E-state index >= 15 is 0 Å². The van der Waals surface area contributed by atoms with Crippen LogP contribution in [-0.2, 0) is 11.3 Å². The fourth-order valence-corrected chi connectivity index (χ4v) is 3.01. The van der Waals surface area contributed by atoms with Crippen LogP contribution in [0.1, 0.15) is 5.56 Å². The van der Waals surface area contributed by atoms with E-state index in [0.29, 0.717) is 23.8 Å². The molecule has 0 aliphatic heterocycles. The molecule has 0 atom stereocenters. The Labute approximate surface area is 182 Å². The SMILES string of the molecule is CN(Cc1ccccc1)c1ccc(N=C(N)/C=C\Nc2ccccc2)cc1OCC=O. The van der Waals surface area contributed by atoms with Crippen LogP contribution in [0.5, 0.6) is 5.75 Å². The molecule has 0 amide bonds. The van der Waals surface area contributed by atoms with Crippen LogP contribution in [0.2, 0.25) is 0 Å². The molecule has 3 rings (SSSR count). The lowest BCUT2D eigenvalue weighted by atomic mass is 10.2. The average molecular weight is 415 g/mol. The van der Waals surface area contributed by atoms with Crippen molar-refractivity contribution < 1.29 is 9.53 Å². The zero-order chi connectivity index (χ0) is 21.9. The number of para-hydroxylation sites is 1. The highest BCUT2D eigenvalue weighted by Gasteiger charge is 2.11. The molecule has 158 valence electrons. The van der Waals surface area contributed by atoms with Crippen molar-refractivity contribution in [1.29, 1.82) is 0 Å². The molecule has 3 N–H and O–H groups in total. The number of amidine groups is 1. The van der Waals surface area contributed by atoms with Crippen molar-refractivity contribution in [1.82, 2.24) is 0 Å². The summed E-state index contributed by atoms with van der Waals surface area (Å²) in [6.45, 7) is 0.673. The summed E-state index contributed by atoms with van der Waals surface area (Å²) < 4.78 is 5.66. The molecule has 0 spiro atoms. The molecule has 0 radical (unpaired) electrons. The standard InChI is InChI=1S/C25H26N4O2/c1-29(19-20-8-4-2-5-9-20)23-13-12-22(18-24(23)31-17-16-30)28-25(26)14-15-27-21-10-6-3-7-11-21/h2-16,18,27H,17,19H2,1H3,(H2,26,28)/b15-14-. The highest BCUT2D eigenvalue weighted by Crippen LogP contribution is 2.33. The molecule has 0 heterocycles. The zero-order valence-electron chi connectivity index (χ0n) is 17.4. The Morgan fingerprint density at radius 3 is 2.48 bits per heavy atom. The van der Waals surface area contributed by atoms with Crippen molar-refractivity contribution in [2.24, 2.45) is 10.7 Å². The van der Waals surface area contributed by atoms with Gasteiger partial charge in [-0.15, -0.1) is 0 Å². The molecule has 0 aliphatic rings. The molecule has 0 saturated heterocycles. The van der Waals surface area contributed by atoms with Crippen LogP contribution >= 0.6 is 0 Å². The number of ether oxygens (including phenoxy) is 1. The topological polar surface area (TPSA) is 79.9 Å². The van der Waals surface area contributed by atoms with E-state index in [1.54, 1.807) is 18.3 Å². The maximum atomic E-state index is 10.8. The summed E-state index contributed by atoms with van der Waals surface area (Å²) in [6, 6.07) is 25.5. The number of carbonyl (C=O) groups is 1. The third kappa shape index (κ3) is 6.75. The van der Waals surface area contributed by atoms with Gasteiger partial charge >= 0.3 is 0 Å². The van der Waals surface area contributed by atoms with Gasteiger partial charge in [0, 0.05) is 31.5 Å². The van der Waals surface area contributed by atoms with Crippen LogP contribution in [0.4, 0.5) is 17.1 Å². The van der Waals surface area contributed by atoms with Gasteiger partial charge in [0.2, 0.25) is 0 Å². The smallest absolute Gasteiger partial charge is 0.157 e. The summed E-state index contributed by atoms with van der Waals surface area (Å²) >= 11 is 0. The fraction of sp³-hybridized carbons (Fsp3) is 0.120. The van der Waals surface area contributed by atoms with Crippen LogP contribution in [0.3, 0.4) is 0 Å². The lowest BCUT2D eigenvalue weighted by molar-refractivity contribution is -0.109. The van der Waals surface area contributed by atoms with E-state index in [-0.39, 0.29) is 6.61 Å². The fourth-order valence-electron chi connectivity index (χ4n) is 3.01. The van der Waals surface area contributed by atoms with Crippen molar-refractivity contribution >= 4 is 29.2 Å². The Morgan fingerprint density at radius 1 is 1.06 bits per heavy atom. The average Bonchev–Trinajstić information content (AvgIpc) is 2.79. The quantitative estimate of drug-likeness (QED) is 0.290. The Kier molecular flexibility index (Phi) is 7.83. The monoisotopic (exact) mass is 414 g/mol. The molecular formula is C25H26N4O2. The predicted molar refractivity (Wildman–Crippen MR) is 127 cm³/mol. The predicted octanol–water partition coefficient (Wildman–Crippen LogP) is 4.52. The van der Waals surface area contributed by atoms with Crippen molar-refractivity contribution in [3.05, 3.63) is 96.7 Å². The number of anilines is 2. The number of nitrogens with one attached hydrogen (secondary N) is 1. The summed E-state index contributed by atoms with van der Waals surface area (Å²) in [5.74, 6) is 0.918.